The zero-order valence-corrected chi connectivity index (χ0v) is 12.6. The van der Waals surface area contributed by atoms with Crippen LogP contribution in [0.4, 0.5) is 11.5 Å². The number of anilines is 2. The van der Waals surface area contributed by atoms with E-state index < -0.39 is 10.0 Å². The molecule has 0 unspecified atom stereocenters. The van der Waals surface area contributed by atoms with Crippen molar-refractivity contribution < 1.29 is 13.2 Å². The Bertz CT molecular complexity index is 752. The maximum Gasteiger partial charge on any atom is 0.265 e. The van der Waals surface area contributed by atoms with Crippen molar-refractivity contribution >= 4 is 33.1 Å². The predicted octanol–water partition coefficient (Wildman–Crippen LogP) is 1.83. The maximum absolute atomic E-state index is 12.3. The van der Waals surface area contributed by atoms with Gasteiger partial charge in [-0.3, -0.25) is 4.72 Å². The number of sulfonamides is 1. The zero-order valence-electron chi connectivity index (χ0n) is 11.0. The molecule has 1 heterocycles. The van der Waals surface area contributed by atoms with Crippen molar-refractivity contribution in [1.29, 1.82) is 0 Å². The van der Waals surface area contributed by atoms with E-state index in [0.717, 1.165) is 0 Å². The number of hydrazine groups is 1. The molecule has 1 aromatic heterocycles. The number of nitrogen functional groups attached to an aromatic ring is 1. The number of rotatable bonds is 5. The standard InChI is InChI=1S/C12H13ClN4O3S/c1-20-10-5-4-8(7-9(10)13)17-21(18,19)11-3-2-6-15-12(11)16-14/h2-7,17H,14H2,1H3,(H,15,16). The summed E-state index contributed by atoms with van der Waals surface area (Å²) < 4.78 is 32.1. The third-order valence-electron chi connectivity index (χ3n) is 2.60. The molecule has 4 N–H and O–H groups in total. The molecule has 0 bridgehead atoms. The fraction of sp³-hybridized carbons (Fsp3) is 0.0833. The molecule has 2 rings (SSSR count). The van der Waals surface area contributed by atoms with E-state index in [1.165, 1.54) is 37.6 Å². The average Bonchev–Trinajstić information content (AvgIpc) is 2.47. The van der Waals surface area contributed by atoms with Crippen LogP contribution >= 0.6 is 11.6 Å². The maximum atomic E-state index is 12.3. The highest BCUT2D eigenvalue weighted by molar-refractivity contribution is 7.92. The highest BCUT2D eigenvalue weighted by Crippen LogP contribution is 2.29. The summed E-state index contributed by atoms with van der Waals surface area (Å²) in [7, 11) is -2.37. The predicted molar refractivity (Wildman–Crippen MR) is 80.9 cm³/mol. The molecule has 0 saturated heterocycles. The van der Waals surface area contributed by atoms with Crippen molar-refractivity contribution in [3.63, 3.8) is 0 Å². The van der Waals surface area contributed by atoms with Gasteiger partial charge in [-0.2, -0.15) is 0 Å². The summed E-state index contributed by atoms with van der Waals surface area (Å²) >= 11 is 5.96. The first-order valence-electron chi connectivity index (χ1n) is 5.76. The molecule has 9 heteroatoms. The first-order chi connectivity index (χ1) is 9.97. The summed E-state index contributed by atoms with van der Waals surface area (Å²) in [6, 6.07) is 7.43. The largest absolute Gasteiger partial charge is 0.495 e. The number of nitrogens with zero attached hydrogens (tertiary/aromatic N) is 1. The first kappa shape index (κ1) is 15.4. The Morgan fingerprint density at radius 3 is 2.71 bits per heavy atom. The van der Waals surface area contributed by atoms with Crippen LogP contribution in [0.25, 0.3) is 0 Å². The van der Waals surface area contributed by atoms with E-state index in [1.807, 2.05) is 0 Å². The second kappa shape index (κ2) is 6.17. The molecule has 2 aromatic rings. The lowest BCUT2D eigenvalue weighted by atomic mass is 10.3. The molecule has 0 aliphatic heterocycles. The van der Waals surface area contributed by atoms with Gasteiger partial charge in [0.1, 0.15) is 10.6 Å². The smallest absolute Gasteiger partial charge is 0.265 e. The lowest BCUT2D eigenvalue weighted by molar-refractivity contribution is 0.415. The summed E-state index contributed by atoms with van der Waals surface area (Å²) in [4.78, 5) is 3.78. The molecule has 0 aliphatic rings. The Hall–Kier alpha value is -2.03. The number of nitrogens with two attached hydrogens (primary N) is 1. The number of aromatic nitrogens is 1. The Labute approximate surface area is 127 Å². The van der Waals surface area contributed by atoms with Crippen LogP contribution in [0.15, 0.2) is 41.4 Å². The van der Waals surface area contributed by atoms with Gasteiger partial charge in [0.15, 0.2) is 5.82 Å². The van der Waals surface area contributed by atoms with Gasteiger partial charge in [0.05, 0.1) is 17.8 Å². The normalized spacial score (nSPS) is 11.0. The van der Waals surface area contributed by atoms with Gasteiger partial charge in [-0.15, -0.1) is 0 Å². The van der Waals surface area contributed by atoms with Crippen LogP contribution in [0.5, 0.6) is 5.75 Å². The molecule has 0 radical (unpaired) electrons. The second-order valence-corrected chi connectivity index (χ2v) is 6.01. The quantitative estimate of drug-likeness (QED) is 0.571. The molecule has 0 atom stereocenters. The van der Waals surface area contributed by atoms with Crippen LogP contribution in [0, 0.1) is 0 Å². The monoisotopic (exact) mass is 328 g/mol. The van der Waals surface area contributed by atoms with E-state index in [1.54, 1.807) is 6.07 Å². The summed E-state index contributed by atoms with van der Waals surface area (Å²) in [5.74, 6) is 5.76. The summed E-state index contributed by atoms with van der Waals surface area (Å²) in [6.07, 6.45) is 1.43. The molecule has 7 nitrogen and oxygen atoms in total. The van der Waals surface area contributed by atoms with E-state index in [0.29, 0.717) is 16.5 Å². The molecule has 1 aromatic carbocycles. The van der Waals surface area contributed by atoms with Gasteiger partial charge in [0.2, 0.25) is 0 Å². The second-order valence-electron chi connectivity index (χ2n) is 3.95. The number of benzene rings is 1. The van der Waals surface area contributed by atoms with Crippen LogP contribution in [0.1, 0.15) is 0 Å². The minimum Gasteiger partial charge on any atom is -0.495 e. The number of methoxy groups -OCH3 is 1. The molecule has 0 aliphatic carbocycles. The Balaban J connectivity index is 2.35. The minimum absolute atomic E-state index is 0.0459. The molecule has 112 valence electrons. The number of ether oxygens (including phenoxy) is 1. The lowest BCUT2D eigenvalue weighted by Gasteiger charge is -2.12. The highest BCUT2D eigenvalue weighted by atomic mass is 35.5. The SMILES string of the molecule is COc1ccc(NS(=O)(=O)c2cccnc2NN)cc1Cl. The average molecular weight is 329 g/mol. The van der Waals surface area contributed by atoms with Crippen molar-refractivity contribution in [2.75, 3.05) is 17.3 Å². The number of pyridine rings is 1. The molecule has 0 fully saturated rings. The number of hydrogen-bond donors (Lipinski definition) is 3. The molecular formula is C12H13ClN4O3S. The molecule has 0 saturated carbocycles. The van der Waals surface area contributed by atoms with E-state index in [4.69, 9.17) is 22.2 Å². The summed E-state index contributed by atoms with van der Waals surface area (Å²) in [5, 5.41) is 0.293. The Morgan fingerprint density at radius 2 is 2.10 bits per heavy atom. The van der Waals surface area contributed by atoms with E-state index in [2.05, 4.69) is 15.1 Å². The van der Waals surface area contributed by atoms with E-state index >= 15 is 0 Å². The van der Waals surface area contributed by atoms with Crippen LogP contribution < -0.4 is 20.7 Å². The molecule has 21 heavy (non-hydrogen) atoms. The van der Waals surface area contributed by atoms with Crippen LogP contribution in [-0.2, 0) is 10.0 Å². The third-order valence-corrected chi connectivity index (χ3v) is 4.31. The topological polar surface area (TPSA) is 106 Å². The lowest BCUT2D eigenvalue weighted by Crippen LogP contribution is -2.18. The number of nitrogens with one attached hydrogen (secondary N) is 2. The summed E-state index contributed by atoms with van der Waals surface area (Å²) in [6.45, 7) is 0. The van der Waals surface area contributed by atoms with Crippen molar-refractivity contribution in [2.24, 2.45) is 5.84 Å². The fourth-order valence-corrected chi connectivity index (χ4v) is 3.08. The molecule has 0 spiro atoms. The Kier molecular flexibility index (Phi) is 4.51. The number of halogens is 1. The summed E-state index contributed by atoms with van der Waals surface area (Å²) in [5.41, 5.74) is 2.54. The zero-order chi connectivity index (χ0) is 15.5. The molecule has 0 amide bonds. The molecular weight excluding hydrogens is 316 g/mol. The fourth-order valence-electron chi connectivity index (χ4n) is 1.66. The minimum atomic E-state index is -3.85. The number of hydrogen-bond acceptors (Lipinski definition) is 6. The van der Waals surface area contributed by atoms with E-state index in [9.17, 15) is 8.42 Å². The van der Waals surface area contributed by atoms with Gasteiger partial charge in [0.25, 0.3) is 10.0 Å². The van der Waals surface area contributed by atoms with Gasteiger partial charge in [-0.25, -0.2) is 19.2 Å². The van der Waals surface area contributed by atoms with Crippen LogP contribution in [-0.4, -0.2) is 20.5 Å². The third kappa shape index (κ3) is 3.35. The van der Waals surface area contributed by atoms with Crippen LogP contribution in [0.2, 0.25) is 5.02 Å². The van der Waals surface area contributed by atoms with Gasteiger partial charge < -0.3 is 10.2 Å². The highest BCUT2D eigenvalue weighted by Gasteiger charge is 2.19. The van der Waals surface area contributed by atoms with E-state index in [-0.39, 0.29) is 10.7 Å². The van der Waals surface area contributed by atoms with Gasteiger partial charge in [0, 0.05) is 6.20 Å². The van der Waals surface area contributed by atoms with Crippen LogP contribution in [0.3, 0.4) is 0 Å². The first-order valence-corrected chi connectivity index (χ1v) is 7.62. The van der Waals surface area contributed by atoms with Gasteiger partial charge >= 0.3 is 0 Å². The van der Waals surface area contributed by atoms with Crippen molar-refractivity contribution in [3.05, 3.63) is 41.6 Å². The van der Waals surface area contributed by atoms with Crippen molar-refractivity contribution in [1.82, 2.24) is 4.98 Å². The van der Waals surface area contributed by atoms with Gasteiger partial charge in [-0.1, -0.05) is 11.6 Å². The van der Waals surface area contributed by atoms with Crippen molar-refractivity contribution in [2.45, 2.75) is 4.90 Å². The Morgan fingerprint density at radius 1 is 1.33 bits per heavy atom. The van der Waals surface area contributed by atoms with Gasteiger partial charge in [-0.05, 0) is 30.3 Å². The van der Waals surface area contributed by atoms with Crippen molar-refractivity contribution in [3.8, 4) is 5.75 Å².